The second-order valence-electron chi connectivity index (χ2n) is 10.8. The van der Waals surface area contributed by atoms with Gasteiger partial charge in [-0.2, -0.15) is 0 Å². The van der Waals surface area contributed by atoms with E-state index in [-0.39, 0.29) is 0 Å². The number of methoxy groups -OCH3 is 1. The fourth-order valence-corrected chi connectivity index (χ4v) is 5.86. The van der Waals surface area contributed by atoms with Crippen LogP contribution in [0.15, 0.2) is 28.7 Å². The number of anilines is 1. The topological polar surface area (TPSA) is 54.2 Å². The van der Waals surface area contributed by atoms with Crippen LogP contribution in [-0.4, -0.2) is 81.4 Å². The summed E-state index contributed by atoms with van der Waals surface area (Å²) in [5, 5.41) is 1.09. The minimum Gasteiger partial charge on any atom is -0.493 e. The van der Waals surface area contributed by atoms with Crippen LogP contribution >= 0.6 is 0 Å². The molecule has 5 rings (SSSR count). The van der Waals surface area contributed by atoms with Gasteiger partial charge >= 0.3 is 0 Å². The molecule has 2 fully saturated rings. The number of hydrogen-bond acceptors (Lipinski definition) is 7. The first-order chi connectivity index (χ1) is 17.9. The first-order valence-electron chi connectivity index (χ1n) is 13.8. The van der Waals surface area contributed by atoms with Crippen molar-refractivity contribution in [1.29, 1.82) is 0 Å². The second kappa shape index (κ2) is 11.3. The van der Waals surface area contributed by atoms with Gasteiger partial charge in [0.1, 0.15) is 11.5 Å². The van der Waals surface area contributed by atoms with Crippen molar-refractivity contribution < 1.29 is 13.9 Å². The Hall–Kier alpha value is -2.77. The third kappa shape index (κ3) is 5.73. The Morgan fingerprint density at radius 3 is 2.46 bits per heavy atom. The van der Waals surface area contributed by atoms with Crippen LogP contribution < -0.4 is 14.4 Å². The van der Waals surface area contributed by atoms with Crippen LogP contribution in [0.5, 0.6) is 11.5 Å². The van der Waals surface area contributed by atoms with Crippen LogP contribution in [0.4, 0.5) is 5.69 Å². The zero-order valence-corrected chi connectivity index (χ0v) is 23.2. The molecular formula is C30H42N4O3. The minimum atomic E-state index is 0.481. The zero-order valence-electron chi connectivity index (χ0n) is 23.2. The van der Waals surface area contributed by atoms with Crippen molar-refractivity contribution in [3.63, 3.8) is 0 Å². The van der Waals surface area contributed by atoms with Crippen LogP contribution in [-0.2, 0) is 0 Å². The highest BCUT2D eigenvalue weighted by Crippen LogP contribution is 2.40. The van der Waals surface area contributed by atoms with E-state index >= 15 is 0 Å². The third-order valence-corrected chi connectivity index (χ3v) is 8.08. The summed E-state index contributed by atoms with van der Waals surface area (Å²) in [7, 11) is 6.15. The summed E-state index contributed by atoms with van der Waals surface area (Å²) in [6.07, 6.45) is 5.93. The smallest absolute Gasteiger partial charge is 0.163 e. The number of nitrogens with zero attached hydrogens (tertiary/aromatic N) is 4. The summed E-state index contributed by atoms with van der Waals surface area (Å²) in [4.78, 5) is 12.5. The van der Waals surface area contributed by atoms with Gasteiger partial charge in [-0.05, 0) is 97.4 Å². The summed E-state index contributed by atoms with van der Waals surface area (Å²) in [5.41, 5.74) is 4.07. The van der Waals surface area contributed by atoms with E-state index < -0.39 is 0 Å². The molecule has 2 aliphatic heterocycles. The molecule has 2 aromatic heterocycles. The van der Waals surface area contributed by atoms with Gasteiger partial charge in [-0.15, -0.1) is 0 Å². The largest absolute Gasteiger partial charge is 0.493 e. The van der Waals surface area contributed by atoms with Gasteiger partial charge in [0.05, 0.1) is 24.9 Å². The van der Waals surface area contributed by atoms with E-state index in [1.54, 1.807) is 7.11 Å². The number of benzene rings is 1. The lowest BCUT2D eigenvalue weighted by Crippen LogP contribution is -2.42. The maximum atomic E-state index is 6.27. The molecule has 37 heavy (non-hydrogen) atoms. The molecule has 1 aromatic carbocycles. The SMILES string of the molecule is COc1cc2c(N(C)C3CCN(C)CC3)cc(-c3cc(C)oc3C)nc2cc1OCCCN1CCCC1. The molecule has 2 saturated heterocycles. The molecule has 0 N–H and O–H groups in total. The van der Waals surface area contributed by atoms with E-state index in [2.05, 4.69) is 53.1 Å². The number of aryl methyl sites for hydroxylation is 2. The Morgan fingerprint density at radius 2 is 1.78 bits per heavy atom. The number of rotatable bonds is 9. The monoisotopic (exact) mass is 506 g/mol. The third-order valence-electron chi connectivity index (χ3n) is 8.08. The van der Waals surface area contributed by atoms with Gasteiger partial charge in [-0.3, -0.25) is 0 Å². The van der Waals surface area contributed by atoms with E-state index in [0.717, 1.165) is 84.1 Å². The Bertz CT molecular complexity index is 1210. The molecule has 4 heterocycles. The number of pyridine rings is 1. The molecule has 0 atom stereocenters. The molecule has 0 radical (unpaired) electrons. The van der Waals surface area contributed by atoms with Gasteiger partial charge in [-0.25, -0.2) is 4.98 Å². The second-order valence-corrected chi connectivity index (χ2v) is 10.8. The van der Waals surface area contributed by atoms with Gasteiger partial charge in [0.2, 0.25) is 0 Å². The average molecular weight is 507 g/mol. The zero-order chi connectivity index (χ0) is 25.9. The summed E-state index contributed by atoms with van der Waals surface area (Å²) in [5.74, 6) is 3.31. The van der Waals surface area contributed by atoms with E-state index in [1.165, 1.54) is 31.6 Å². The molecule has 0 aliphatic carbocycles. The lowest BCUT2D eigenvalue weighted by molar-refractivity contribution is 0.253. The van der Waals surface area contributed by atoms with Crippen molar-refractivity contribution in [2.45, 2.75) is 52.0 Å². The molecule has 7 nitrogen and oxygen atoms in total. The van der Waals surface area contributed by atoms with E-state index in [9.17, 15) is 0 Å². The molecular weight excluding hydrogens is 464 g/mol. The Kier molecular flexibility index (Phi) is 7.91. The molecule has 0 unspecified atom stereocenters. The first-order valence-corrected chi connectivity index (χ1v) is 13.8. The van der Waals surface area contributed by atoms with E-state index in [4.69, 9.17) is 18.9 Å². The lowest BCUT2D eigenvalue weighted by atomic mass is 10.0. The van der Waals surface area contributed by atoms with Gasteiger partial charge in [0, 0.05) is 42.3 Å². The fraction of sp³-hybridized carbons (Fsp3) is 0.567. The standard InChI is InChI=1S/C30H42N4O3/c1-21-17-24(22(2)37-21)26-19-28(33(4)23-9-14-32(3)15-10-23)25-18-29(35-5)30(20-27(25)31-26)36-16-8-13-34-11-6-7-12-34/h17-20,23H,6-16H2,1-5H3. The van der Waals surface area contributed by atoms with Gasteiger partial charge in [0.15, 0.2) is 11.5 Å². The average Bonchev–Trinajstić information content (AvgIpc) is 3.54. The number of aromatic nitrogens is 1. The summed E-state index contributed by atoms with van der Waals surface area (Å²) >= 11 is 0. The molecule has 2 aliphatic rings. The Labute approximate surface area is 221 Å². The number of fused-ring (bicyclic) bond motifs is 1. The quantitative estimate of drug-likeness (QED) is 0.355. The fourth-order valence-electron chi connectivity index (χ4n) is 5.86. The predicted molar refractivity (Wildman–Crippen MR) is 150 cm³/mol. The molecule has 0 bridgehead atoms. The van der Waals surface area contributed by atoms with Crippen LogP contribution in [0.3, 0.4) is 0 Å². The van der Waals surface area contributed by atoms with Crippen LogP contribution in [0.1, 0.15) is 43.6 Å². The van der Waals surface area contributed by atoms with Gasteiger partial charge in [-0.1, -0.05) is 0 Å². The first kappa shape index (κ1) is 25.9. The number of piperidine rings is 1. The van der Waals surface area contributed by atoms with E-state index in [0.29, 0.717) is 12.6 Å². The maximum Gasteiger partial charge on any atom is 0.163 e. The lowest BCUT2D eigenvalue weighted by Gasteiger charge is -2.37. The Morgan fingerprint density at radius 1 is 1.03 bits per heavy atom. The molecule has 200 valence electrons. The number of likely N-dealkylation sites (tertiary alicyclic amines) is 2. The summed E-state index contributed by atoms with van der Waals surface area (Å²) in [6, 6.07) is 8.95. The Balaban J connectivity index is 1.49. The number of furan rings is 1. The van der Waals surface area contributed by atoms with Crippen molar-refractivity contribution in [3.05, 3.63) is 35.8 Å². The van der Waals surface area contributed by atoms with Crippen molar-refractivity contribution in [1.82, 2.24) is 14.8 Å². The van der Waals surface area contributed by atoms with Crippen LogP contribution in [0.2, 0.25) is 0 Å². The summed E-state index contributed by atoms with van der Waals surface area (Å²) < 4.78 is 18.0. The predicted octanol–water partition coefficient (Wildman–Crippen LogP) is 5.52. The number of ether oxygens (including phenoxy) is 2. The highest BCUT2D eigenvalue weighted by Gasteiger charge is 2.24. The molecule has 0 spiro atoms. The molecule has 0 saturated carbocycles. The summed E-state index contributed by atoms with van der Waals surface area (Å²) in [6.45, 7) is 10.4. The van der Waals surface area contributed by atoms with Gasteiger partial charge in [0.25, 0.3) is 0 Å². The number of hydrogen-bond donors (Lipinski definition) is 0. The molecule has 7 heteroatoms. The molecule has 3 aromatic rings. The van der Waals surface area contributed by atoms with Crippen molar-refractivity contribution in [2.75, 3.05) is 65.4 Å². The van der Waals surface area contributed by atoms with E-state index in [1.807, 2.05) is 13.8 Å². The normalized spacial score (nSPS) is 17.5. The van der Waals surface area contributed by atoms with Crippen molar-refractivity contribution in [3.8, 4) is 22.8 Å². The van der Waals surface area contributed by atoms with Crippen molar-refractivity contribution in [2.24, 2.45) is 0 Å². The highest BCUT2D eigenvalue weighted by molar-refractivity contribution is 5.96. The van der Waals surface area contributed by atoms with Crippen LogP contribution in [0.25, 0.3) is 22.2 Å². The minimum absolute atomic E-state index is 0.481. The van der Waals surface area contributed by atoms with Crippen LogP contribution in [0, 0.1) is 13.8 Å². The van der Waals surface area contributed by atoms with Gasteiger partial charge < -0.3 is 28.6 Å². The maximum absolute atomic E-state index is 6.27. The van der Waals surface area contributed by atoms with Crippen molar-refractivity contribution >= 4 is 16.6 Å². The molecule has 0 amide bonds. The highest BCUT2D eigenvalue weighted by atomic mass is 16.5.